The van der Waals surface area contributed by atoms with E-state index in [0.717, 1.165) is 0 Å². The number of Topliss-reactive ketones (excluding diaryl/α,β-unsaturated/α-hetero) is 2. The number of benzene rings is 2. The summed E-state index contributed by atoms with van der Waals surface area (Å²) in [5, 5.41) is 0. The number of carbonyl (C=O) groups is 4. The van der Waals surface area contributed by atoms with Gasteiger partial charge in [0.1, 0.15) is 11.5 Å². The molecule has 0 amide bonds. The lowest BCUT2D eigenvalue weighted by atomic mass is 10.1. The molecule has 0 bridgehead atoms. The van der Waals surface area contributed by atoms with E-state index in [9.17, 15) is 23.4 Å². The molecule has 0 aliphatic carbocycles. The highest BCUT2D eigenvalue weighted by molar-refractivity contribution is 7.83. The van der Waals surface area contributed by atoms with E-state index in [1.54, 1.807) is 61.0 Å². The minimum absolute atomic E-state index is 0.359. The topological polar surface area (TPSA) is 104 Å². The van der Waals surface area contributed by atoms with Crippen LogP contribution in [0.25, 0.3) is 0 Å². The van der Waals surface area contributed by atoms with Crippen molar-refractivity contribution in [3.8, 4) is 11.5 Å². The van der Waals surface area contributed by atoms with Crippen molar-refractivity contribution in [2.24, 2.45) is 0 Å². The van der Waals surface area contributed by atoms with Crippen LogP contribution in [-0.2, 0) is 20.4 Å². The molecule has 0 N–H and O–H groups in total. The van der Waals surface area contributed by atoms with Gasteiger partial charge in [0.15, 0.2) is 0 Å². The normalized spacial score (nSPS) is 13.7. The zero-order valence-corrected chi connectivity index (χ0v) is 14.7. The molecule has 0 unspecified atom stereocenters. The minimum Gasteiger partial charge on any atom is -0.420 e. The summed E-state index contributed by atoms with van der Waals surface area (Å²) in [6.07, 6.45) is 3.28. The number of hydrogen-bond donors (Lipinski definition) is 0. The van der Waals surface area contributed by atoms with Crippen LogP contribution in [0.3, 0.4) is 0 Å². The van der Waals surface area contributed by atoms with Crippen molar-refractivity contribution >= 4 is 34.3 Å². The van der Waals surface area contributed by atoms with Crippen LogP contribution in [0.5, 0.6) is 11.5 Å². The van der Waals surface area contributed by atoms with E-state index in [1.165, 1.54) is 0 Å². The number of ether oxygens (including phenoxy) is 2. The van der Waals surface area contributed by atoms with Gasteiger partial charge in [-0.2, -0.15) is 0 Å². The van der Waals surface area contributed by atoms with Crippen LogP contribution in [-0.4, -0.2) is 40.2 Å². The maximum absolute atomic E-state index is 10.9. The first kappa shape index (κ1) is 19.2. The highest BCUT2D eigenvalue weighted by Gasteiger charge is 2.30. The van der Waals surface area contributed by atoms with Gasteiger partial charge < -0.3 is 9.47 Å². The van der Waals surface area contributed by atoms with Gasteiger partial charge in [0, 0.05) is 23.3 Å². The van der Waals surface area contributed by atoms with E-state index >= 15 is 0 Å². The molecule has 0 fully saturated rings. The third-order valence-electron chi connectivity index (χ3n) is 3.04. The summed E-state index contributed by atoms with van der Waals surface area (Å²) in [5.74, 6) is -1.95. The van der Waals surface area contributed by atoms with Crippen LogP contribution in [0.4, 0.5) is 0 Å². The second kappa shape index (κ2) is 8.30. The summed E-state index contributed by atoms with van der Waals surface area (Å²) in [7, 11) is -0.611. The summed E-state index contributed by atoms with van der Waals surface area (Å²) in [4.78, 5) is 43.2. The lowest BCUT2D eigenvalue weighted by Gasteiger charge is -1.90. The molecule has 2 aliphatic heterocycles. The van der Waals surface area contributed by atoms with Crippen LogP contribution in [0, 0.1) is 0 Å². The van der Waals surface area contributed by atoms with Crippen LogP contribution < -0.4 is 9.47 Å². The van der Waals surface area contributed by atoms with Crippen LogP contribution >= 0.6 is 0 Å². The lowest BCUT2D eigenvalue weighted by molar-refractivity contribution is -0.129. The zero-order valence-electron chi connectivity index (χ0n) is 13.9. The molecule has 26 heavy (non-hydrogen) atoms. The van der Waals surface area contributed by atoms with E-state index in [1.807, 2.05) is 0 Å². The van der Waals surface area contributed by atoms with Crippen molar-refractivity contribution in [3.63, 3.8) is 0 Å². The van der Waals surface area contributed by atoms with Crippen LogP contribution in [0.1, 0.15) is 20.7 Å². The van der Waals surface area contributed by atoms with Gasteiger partial charge in [0.2, 0.25) is 0 Å². The van der Waals surface area contributed by atoms with Gasteiger partial charge in [-0.1, -0.05) is 24.3 Å². The largest absolute Gasteiger partial charge is 0.420 e. The van der Waals surface area contributed by atoms with Crippen molar-refractivity contribution in [1.82, 2.24) is 0 Å². The van der Waals surface area contributed by atoms with Gasteiger partial charge in [0.05, 0.1) is 11.1 Å². The zero-order chi connectivity index (χ0) is 19.3. The van der Waals surface area contributed by atoms with Gasteiger partial charge in [-0.15, -0.1) is 0 Å². The Morgan fingerprint density at radius 1 is 0.654 bits per heavy atom. The molecule has 0 saturated heterocycles. The number of para-hydroxylation sites is 2. The third kappa shape index (κ3) is 4.48. The predicted octanol–water partition coefficient (Wildman–Crippen LogP) is 1.57. The average Bonchev–Trinajstić information content (AvgIpc) is 3.05. The van der Waals surface area contributed by atoms with Gasteiger partial charge in [-0.25, -0.2) is 9.59 Å². The van der Waals surface area contributed by atoms with Gasteiger partial charge in [-0.3, -0.25) is 13.8 Å². The predicted molar refractivity (Wildman–Crippen MR) is 92.8 cm³/mol. The lowest BCUT2D eigenvalue weighted by Crippen LogP contribution is -2.10. The highest BCUT2D eigenvalue weighted by Crippen LogP contribution is 2.25. The monoisotopic (exact) mass is 374 g/mol. The van der Waals surface area contributed by atoms with E-state index in [4.69, 9.17) is 0 Å². The molecule has 8 heteroatoms. The Labute approximate surface area is 151 Å². The fourth-order valence-electron chi connectivity index (χ4n) is 2.00. The van der Waals surface area contributed by atoms with Gasteiger partial charge in [0.25, 0.3) is 11.6 Å². The Kier molecular flexibility index (Phi) is 6.13. The fraction of sp³-hybridized carbons (Fsp3) is 0.111. The summed E-state index contributed by atoms with van der Waals surface area (Å²) in [6.45, 7) is 0. The molecule has 2 aromatic carbocycles. The highest BCUT2D eigenvalue weighted by atomic mass is 32.2. The van der Waals surface area contributed by atoms with E-state index < -0.39 is 34.3 Å². The molecule has 0 aromatic heterocycles. The first-order valence-electron chi connectivity index (χ1n) is 7.27. The van der Waals surface area contributed by atoms with Gasteiger partial charge >= 0.3 is 11.9 Å². The van der Waals surface area contributed by atoms with Crippen molar-refractivity contribution in [1.29, 1.82) is 0 Å². The maximum atomic E-state index is 10.9. The smallest absolute Gasteiger partial charge is 0.385 e. The van der Waals surface area contributed by atoms with Gasteiger partial charge in [-0.05, 0) is 24.3 Å². The molecule has 2 aliphatic rings. The fourth-order valence-corrected chi connectivity index (χ4v) is 2.00. The number of rotatable bonds is 0. The Morgan fingerprint density at radius 3 is 1.27 bits per heavy atom. The molecule has 2 aromatic rings. The second-order valence-corrected chi connectivity index (χ2v) is 6.65. The van der Waals surface area contributed by atoms with E-state index in [-0.39, 0.29) is 0 Å². The van der Waals surface area contributed by atoms with E-state index in [0.29, 0.717) is 22.6 Å². The molecule has 134 valence electrons. The molecule has 0 atom stereocenters. The Morgan fingerprint density at radius 2 is 0.962 bits per heavy atom. The first-order chi connectivity index (χ1) is 12.3. The number of fused-ring (bicyclic) bond motifs is 2. The second-order valence-electron chi connectivity index (χ2n) is 5.17. The number of ketones is 2. The number of carbonyl (C=O) groups excluding carboxylic acids is 4. The summed E-state index contributed by atoms with van der Waals surface area (Å²) >= 11 is 0. The summed E-state index contributed by atoms with van der Waals surface area (Å²) in [5.41, 5.74) is 0.718. The first-order valence-corrected chi connectivity index (χ1v) is 9.24. The maximum Gasteiger partial charge on any atom is 0.385 e. The third-order valence-corrected chi connectivity index (χ3v) is 3.04. The summed E-state index contributed by atoms with van der Waals surface area (Å²) < 4.78 is 18.8. The quantitative estimate of drug-likeness (QED) is 0.392. The Balaban J connectivity index is 0.000000156. The van der Waals surface area contributed by atoms with Crippen molar-refractivity contribution in [2.45, 2.75) is 0 Å². The molecular formula is C18H14O7S. The number of hydrogen-bond acceptors (Lipinski definition) is 7. The van der Waals surface area contributed by atoms with Crippen LogP contribution in [0.15, 0.2) is 48.5 Å². The Bertz CT molecular complexity index is 844. The van der Waals surface area contributed by atoms with Crippen molar-refractivity contribution < 1.29 is 32.9 Å². The standard InChI is InChI=1S/2C8H4O3.C2H6OS/c2*9-7-5-3-1-2-4-6(5)11-8(7)10;1-4(2)3/h2*1-4H;1-2H3. The molecule has 4 rings (SSSR count). The molecule has 0 saturated carbocycles. The molecule has 0 spiro atoms. The van der Waals surface area contributed by atoms with E-state index in [2.05, 4.69) is 9.47 Å². The number of esters is 2. The van der Waals surface area contributed by atoms with Crippen LogP contribution in [0.2, 0.25) is 0 Å². The molecule has 0 radical (unpaired) electrons. The van der Waals surface area contributed by atoms with Crippen molar-refractivity contribution in [3.05, 3.63) is 59.7 Å². The van der Waals surface area contributed by atoms with Crippen molar-refractivity contribution in [2.75, 3.05) is 12.5 Å². The Hall–Kier alpha value is -3.13. The molecule has 2 heterocycles. The average molecular weight is 374 g/mol. The molecule has 7 nitrogen and oxygen atoms in total. The SMILES string of the molecule is CS(C)=O.O=C1Oc2ccccc2C1=O.O=C1Oc2ccccc2C1=O. The summed E-state index contributed by atoms with van der Waals surface area (Å²) in [6, 6.07) is 13.1. The molecular weight excluding hydrogens is 360 g/mol. The minimum atomic E-state index is -0.786.